The maximum absolute atomic E-state index is 12.7. The zero-order valence-electron chi connectivity index (χ0n) is 18.5. The third-order valence-electron chi connectivity index (χ3n) is 6.21. The standard InChI is InChI=1S/C23H31N3O4S2/c1-30-20-10-14-25(15-11-20)17-18-4-6-19(7-5-18)23(27)24-16-21-8-9-22(31-21)32(28,29)26-12-2-3-13-26/h4-9,20H,2-3,10-17H2,1H3,(H,24,27). The van der Waals surface area contributed by atoms with Crippen LogP contribution in [0.4, 0.5) is 0 Å². The number of ether oxygens (including phenoxy) is 1. The number of amides is 1. The smallest absolute Gasteiger partial charge is 0.252 e. The zero-order valence-corrected chi connectivity index (χ0v) is 20.1. The summed E-state index contributed by atoms with van der Waals surface area (Å²) < 4.78 is 32.6. The highest BCUT2D eigenvalue weighted by Gasteiger charge is 2.28. The first kappa shape index (κ1) is 23.4. The number of thiophene rings is 1. The van der Waals surface area contributed by atoms with Crippen LogP contribution in [0.5, 0.6) is 0 Å². The maximum atomic E-state index is 12.7. The Morgan fingerprint density at radius 2 is 1.75 bits per heavy atom. The molecule has 174 valence electrons. The summed E-state index contributed by atoms with van der Waals surface area (Å²) in [5.41, 5.74) is 1.79. The van der Waals surface area contributed by atoms with Gasteiger partial charge in [0.2, 0.25) is 0 Å². The first-order valence-electron chi connectivity index (χ1n) is 11.2. The van der Waals surface area contributed by atoms with Gasteiger partial charge in [-0.05, 0) is 55.5 Å². The summed E-state index contributed by atoms with van der Waals surface area (Å²) in [6.45, 7) is 4.42. The Labute approximate surface area is 194 Å². The highest BCUT2D eigenvalue weighted by Crippen LogP contribution is 2.27. The molecule has 2 aliphatic heterocycles. The van der Waals surface area contributed by atoms with Gasteiger partial charge in [0, 0.05) is 50.3 Å². The van der Waals surface area contributed by atoms with Crippen LogP contribution in [0.1, 0.15) is 46.5 Å². The first-order valence-corrected chi connectivity index (χ1v) is 13.4. The molecule has 0 atom stereocenters. The number of carbonyl (C=O) groups is 1. The van der Waals surface area contributed by atoms with Crippen molar-refractivity contribution in [3.8, 4) is 0 Å². The van der Waals surface area contributed by atoms with Crippen molar-refractivity contribution in [2.24, 2.45) is 0 Å². The van der Waals surface area contributed by atoms with Crippen molar-refractivity contribution >= 4 is 27.3 Å². The summed E-state index contributed by atoms with van der Waals surface area (Å²) in [6.07, 6.45) is 4.32. The number of hydrogen-bond acceptors (Lipinski definition) is 6. The lowest BCUT2D eigenvalue weighted by Crippen LogP contribution is -2.36. The number of rotatable bonds is 8. The van der Waals surface area contributed by atoms with Gasteiger partial charge in [-0.1, -0.05) is 12.1 Å². The van der Waals surface area contributed by atoms with Gasteiger partial charge in [-0.25, -0.2) is 8.42 Å². The second-order valence-electron chi connectivity index (χ2n) is 8.42. The van der Waals surface area contributed by atoms with Gasteiger partial charge >= 0.3 is 0 Å². The summed E-state index contributed by atoms with van der Waals surface area (Å²) >= 11 is 1.23. The van der Waals surface area contributed by atoms with E-state index in [0.717, 1.165) is 50.2 Å². The Hall–Kier alpha value is -1.78. The summed E-state index contributed by atoms with van der Waals surface area (Å²) in [7, 11) is -1.63. The fourth-order valence-corrected chi connectivity index (χ4v) is 7.21. The normalized spacial score (nSPS) is 18.8. The van der Waals surface area contributed by atoms with Crippen molar-refractivity contribution in [3.63, 3.8) is 0 Å². The largest absolute Gasteiger partial charge is 0.381 e. The summed E-state index contributed by atoms with van der Waals surface area (Å²) in [4.78, 5) is 15.8. The maximum Gasteiger partial charge on any atom is 0.252 e. The molecule has 2 saturated heterocycles. The van der Waals surface area contributed by atoms with E-state index in [4.69, 9.17) is 4.74 Å². The minimum Gasteiger partial charge on any atom is -0.381 e. The molecule has 0 bridgehead atoms. The lowest BCUT2D eigenvalue weighted by atomic mass is 10.1. The molecule has 1 aromatic heterocycles. The minimum atomic E-state index is -3.40. The molecule has 9 heteroatoms. The molecule has 0 unspecified atom stereocenters. The van der Waals surface area contributed by atoms with Crippen LogP contribution in [0, 0.1) is 0 Å². The SMILES string of the molecule is COC1CCN(Cc2ccc(C(=O)NCc3ccc(S(=O)(=O)N4CCCC4)s3)cc2)CC1. The zero-order chi connectivity index (χ0) is 22.6. The predicted molar refractivity (Wildman–Crippen MR) is 125 cm³/mol. The van der Waals surface area contributed by atoms with Crippen molar-refractivity contribution in [1.29, 1.82) is 0 Å². The number of methoxy groups -OCH3 is 1. The molecule has 4 rings (SSSR count). The van der Waals surface area contributed by atoms with Crippen molar-refractivity contribution < 1.29 is 17.9 Å². The van der Waals surface area contributed by atoms with Gasteiger partial charge in [-0.15, -0.1) is 11.3 Å². The topological polar surface area (TPSA) is 79.0 Å². The summed E-state index contributed by atoms with van der Waals surface area (Å²) in [6, 6.07) is 11.1. The van der Waals surface area contributed by atoms with Gasteiger partial charge in [0.25, 0.3) is 15.9 Å². The van der Waals surface area contributed by atoms with Crippen molar-refractivity contribution in [3.05, 3.63) is 52.4 Å². The Bertz CT molecular complexity index is 1010. The number of piperidine rings is 1. The number of likely N-dealkylation sites (tertiary alicyclic amines) is 1. The number of nitrogens with one attached hydrogen (secondary N) is 1. The van der Waals surface area contributed by atoms with Crippen molar-refractivity contribution in [2.45, 2.75) is 49.1 Å². The molecule has 0 saturated carbocycles. The van der Waals surface area contributed by atoms with Gasteiger partial charge in [0.1, 0.15) is 4.21 Å². The monoisotopic (exact) mass is 477 g/mol. The molecule has 3 heterocycles. The van der Waals surface area contributed by atoms with Crippen molar-refractivity contribution in [1.82, 2.24) is 14.5 Å². The fraction of sp³-hybridized carbons (Fsp3) is 0.522. The molecule has 0 aliphatic carbocycles. The second kappa shape index (κ2) is 10.4. The first-order chi connectivity index (χ1) is 15.5. The van der Waals surface area contributed by atoms with Crippen LogP contribution in [0.3, 0.4) is 0 Å². The van der Waals surface area contributed by atoms with Gasteiger partial charge in [0.05, 0.1) is 12.6 Å². The van der Waals surface area contributed by atoms with E-state index in [1.807, 2.05) is 24.3 Å². The lowest BCUT2D eigenvalue weighted by molar-refractivity contribution is 0.0388. The van der Waals surface area contributed by atoms with Crippen LogP contribution >= 0.6 is 11.3 Å². The molecule has 1 aromatic carbocycles. The number of benzene rings is 1. The molecule has 1 N–H and O–H groups in total. The Morgan fingerprint density at radius 1 is 1.06 bits per heavy atom. The highest BCUT2D eigenvalue weighted by atomic mass is 32.2. The number of carbonyl (C=O) groups excluding carboxylic acids is 1. The molecular weight excluding hydrogens is 446 g/mol. The summed E-state index contributed by atoms with van der Waals surface area (Å²) in [5, 5.41) is 2.90. The lowest BCUT2D eigenvalue weighted by Gasteiger charge is -2.31. The van der Waals surface area contributed by atoms with E-state index in [-0.39, 0.29) is 5.91 Å². The van der Waals surface area contributed by atoms with Crippen LogP contribution in [0.25, 0.3) is 0 Å². The molecule has 2 aliphatic rings. The predicted octanol–water partition coefficient (Wildman–Crippen LogP) is 3.07. The average Bonchev–Trinajstić information content (AvgIpc) is 3.52. The molecule has 1 amide bonds. The van der Waals surface area contributed by atoms with Crippen LogP contribution in [0.15, 0.2) is 40.6 Å². The van der Waals surface area contributed by atoms with E-state index in [1.165, 1.54) is 16.9 Å². The molecule has 2 aromatic rings. The van der Waals surface area contributed by atoms with Crippen molar-refractivity contribution in [2.75, 3.05) is 33.3 Å². The van der Waals surface area contributed by atoms with Gasteiger partial charge in [0.15, 0.2) is 0 Å². The van der Waals surface area contributed by atoms with E-state index in [0.29, 0.717) is 35.5 Å². The van der Waals surface area contributed by atoms with Crippen LogP contribution in [-0.4, -0.2) is 62.9 Å². The Kier molecular flexibility index (Phi) is 7.63. The second-order valence-corrected chi connectivity index (χ2v) is 11.8. The molecule has 0 spiro atoms. The average molecular weight is 478 g/mol. The number of nitrogens with zero attached hydrogens (tertiary/aromatic N) is 2. The third-order valence-corrected chi connectivity index (χ3v) is 9.66. The molecule has 0 radical (unpaired) electrons. The van der Waals surface area contributed by atoms with Gasteiger partial charge < -0.3 is 10.1 Å². The van der Waals surface area contributed by atoms with E-state index < -0.39 is 10.0 Å². The van der Waals surface area contributed by atoms with Gasteiger partial charge in [-0.2, -0.15) is 4.31 Å². The molecule has 32 heavy (non-hydrogen) atoms. The van der Waals surface area contributed by atoms with Crippen LogP contribution in [-0.2, 0) is 27.8 Å². The summed E-state index contributed by atoms with van der Waals surface area (Å²) in [5.74, 6) is -0.158. The quantitative estimate of drug-likeness (QED) is 0.632. The molecular formula is C23H31N3O4S2. The molecule has 2 fully saturated rings. The van der Waals surface area contributed by atoms with Gasteiger partial charge in [-0.3, -0.25) is 9.69 Å². The van der Waals surface area contributed by atoms with E-state index in [1.54, 1.807) is 23.5 Å². The number of sulfonamides is 1. The van der Waals surface area contributed by atoms with E-state index in [2.05, 4.69) is 10.2 Å². The highest BCUT2D eigenvalue weighted by molar-refractivity contribution is 7.91. The van der Waals surface area contributed by atoms with Crippen LogP contribution < -0.4 is 5.32 Å². The van der Waals surface area contributed by atoms with Crippen LogP contribution in [0.2, 0.25) is 0 Å². The number of hydrogen-bond donors (Lipinski definition) is 1. The minimum absolute atomic E-state index is 0.158. The van der Waals surface area contributed by atoms with E-state index >= 15 is 0 Å². The fourth-order valence-electron chi connectivity index (χ4n) is 4.24. The molecule has 7 nitrogen and oxygen atoms in total. The Morgan fingerprint density at radius 3 is 2.41 bits per heavy atom. The van der Waals surface area contributed by atoms with E-state index in [9.17, 15) is 13.2 Å². The Balaban J connectivity index is 1.28. The third kappa shape index (κ3) is 5.58.